The average Bonchev–Trinajstić information content (AvgIpc) is 3.50. The van der Waals surface area contributed by atoms with Crippen LogP contribution < -0.4 is 27.0 Å². The number of aromatic hydroxyl groups is 1. The first-order valence-corrected chi connectivity index (χ1v) is 16.4. The van der Waals surface area contributed by atoms with Gasteiger partial charge in [-0.15, -0.1) is 0 Å². The van der Waals surface area contributed by atoms with Crippen LogP contribution in [0.5, 0.6) is 5.75 Å². The molecule has 0 aliphatic heterocycles. The highest BCUT2D eigenvalue weighted by Crippen LogP contribution is 2.19. The number of aliphatic carboxylic acids is 1. The number of carboxylic acids is 1. The van der Waals surface area contributed by atoms with Crippen molar-refractivity contribution in [2.75, 3.05) is 6.54 Å². The summed E-state index contributed by atoms with van der Waals surface area (Å²) in [6.07, 6.45) is 2.27. The maximum Gasteiger partial charge on any atom is 0.326 e. The molecule has 4 amide bonds. The lowest BCUT2D eigenvalue weighted by Crippen LogP contribution is -2.56. The van der Waals surface area contributed by atoms with Crippen LogP contribution in [0.4, 0.5) is 0 Å². The van der Waals surface area contributed by atoms with Gasteiger partial charge >= 0.3 is 5.97 Å². The summed E-state index contributed by atoms with van der Waals surface area (Å²) in [5, 5.41) is 30.5. The molecule has 0 radical (unpaired) electrons. The Kier molecular flexibility index (Phi) is 13.1. The summed E-state index contributed by atoms with van der Waals surface area (Å²) in [5.74, 6) is -3.71. The van der Waals surface area contributed by atoms with Crippen molar-refractivity contribution in [2.45, 2.75) is 63.7 Å². The van der Waals surface area contributed by atoms with Gasteiger partial charge in [-0.1, -0.05) is 74.5 Å². The lowest BCUT2D eigenvalue weighted by Gasteiger charge is -2.23. The second-order valence-corrected chi connectivity index (χ2v) is 12.7. The van der Waals surface area contributed by atoms with Gasteiger partial charge in [-0.2, -0.15) is 0 Å². The Morgan fingerprint density at radius 3 is 2.02 bits per heavy atom. The number of carbonyl (C=O) groups is 5. The molecule has 0 fully saturated rings. The van der Waals surface area contributed by atoms with Crippen LogP contribution in [0.25, 0.3) is 10.9 Å². The average molecular weight is 685 g/mol. The van der Waals surface area contributed by atoms with Crippen molar-refractivity contribution in [3.8, 4) is 5.75 Å². The van der Waals surface area contributed by atoms with E-state index in [0.29, 0.717) is 5.56 Å². The van der Waals surface area contributed by atoms with Crippen LogP contribution in [0.1, 0.15) is 37.0 Å². The van der Waals surface area contributed by atoms with Crippen molar-refractivity contribution >= 4 is 40.5 Å². The molecule has 1 aromatic heterocycles. The van der Waals surface area contributed by atoms with Gasteiger partial charge in [-0.3, -0.25) is 19.2 Å². The Hall–Kier alpha value is -5.69. The molecule has 4 rings (SSSR count). The van der Waals surface area contributed by atoms with E-state index in [9.17, 15) is 34.2 Å². The van der Waals surface area contributed by atoms with Gasteiger partial charge in [0.05, 0.1) is 12.6 Å². The maximum absolute atomic E-state index is 13.6. The molecule has 264 valence electrons. The smallest absolute Gasteiger partial charge is 0.326 e. The number of hydrogen-bond donors (Lipinski definition) is 8. The SMILES string of the molecule is CC(C)C[C@H](NC(=O)[C@H](Cc1ccccc1)NC(=O)CNC(=O)[C@@H](Cc1c[nH]c2ccccc12)NC(=O)[C@@H](N)Cc1ccc(O)cc1)C(=O)O. The Morgan fingerprint density at radius 1 is 0.720 bits per heavy atom. The third-order valence-corrected chi connectivity index (χ3v) is 8.14. The molecule has 3 aromatic carbocycles. The number of hydrogen-bond acceptors (Lipinski definition) is 7. The molecule has 1 heterocycles. The van der Waals surface area contributed by atoms with Crippen LogP contribution in [0, 0.1) is 5.92 Å². The van der Waals surface area contributed by atoms with E-state index in [-0.39, 0.29) is 37.4 Å². The largest absolute Gasteiger partial charge is 0.508 e. The van der Waals surface area contributed by atoms with Crippen LogP contribution in [0.3, 0.4) is 0 Å². The number of phenolic OH excluding ortho intramolecular Hbond substituents is 1. The van der Waals surface area contributed by atoms with Crippen LogP contribution in [0.2, 0.25) is 0 Å². The predicted molar refractivity (Wildman–Crippen MR) is 188 cm³/mol. The summed E-state index contributed by atoms with van der Waals surface area (Å²) in [6.45, 7) is 3.16. The number of fused-ring (bicyclic) bond motifs is 1. The van der Waals surface area contributed by atoms with Gasteiger partial charge in [0.2, 0.25) is 23.6 Å². The van der Waals surface area contributed by atoms with E-state index < -0.39 is 60.3 Å². The molecule has 4 atom stereocenters. The number of aromatic nitrogens is 1. The van der Waals surface area contributed by atoms with Gasteiger partial charge in [0, 0.05) is 29.9 Å². The van der Waals surface area contributed by atoms with Gasteiger partial charge in [0.25, 0.3) is 0 Å². The first-order valence-electron chi connectivity index (χ1n) is 16.4. The molecule has 4 aromatic rings. The predicted octanol–water partition coefficient (Wildman–Crippen LogP) is 1.93. The van der Waals surface area contributed by atoms with Crippen molar-refractivity contribution in [3.63, 3.8) is 0 Å². The Morgan fingerprint density at radius 2 is 1.34 bits per heavy atom. The van der Waals surface area contributed by atoms with Crippen molar-refractivity contribution in [1.29, 1.82) is 0 Å². The van der Waals surface area contributed by atoms with Gasteiger partial charge in [-0.05, 0) is 53.6 Å². The molecule has 9 N–H and O–H groups in total. The molecular weight excluding hydrogens is 640 g/mol. The van der Waals surface area contributed by atoms with Crippen LogP contribution >= 0.6 is 0 Å². The second kappa shape index (κ2) is 17.6. The van der Waals surface area contributed by atoms with Crippen molar-refractivity contribution in [3.05, 3.63) is 102 Å². The number of aromatic amines is 1. The molecule has 0 bridgehead atoms. The van der Waals surface area contributed by atoms with Crippen LogP contribution in [-0.2, 0) is 43.2 Å². The van der Waals surface area contributed by atoms with Gasteiger partial charge in [-0.25, -0.2) is 4.79 Å². The lowest BCUT2D eigenvalue weighted by molar-refractivity contribution is -0.142. The molecule has 0 saturated carbocycles. The molecule has 0 saturated heterocycles. The number of carbonyl (C=O) groups excluding carboxylic acids is 4. The zero-order valence-corrected chi connectivity index (χ0v) is 28.0. The Bertz CT molecular complexity index is 1770. The third kappa shape index (κ3) is 10.9. The molecule has 13 heteroatoms. The summed E-state index contributed by atoms with van der Waals surface area (Å²) >= 11 is 0. The lowest BCUT2D eigenvalue weighted by atomic mass is 10.0. The number of nitrogens with one attached hydrogen (secondary N) is 5. The second-order valence-electron chi connectivity index (χ2n) is 12.7. The van der Waals surface area contributed by atoms with Crippen LogP contribution in [0.15, 0.2) is 85.1 Å². The first kappa shape index (κ1) is 37.1. The molecule has 0 aliphatic rings. The number of rotatable bonds is 17. The highest BCUT2D eigenvalue weighted by Gasteiger charge is 2.29. The van der Waals surface area contributed by atoms with E-state index in [1.54, 1.807) is 42.6 Å². The van der Waals surface area contributed by atoms with E-state index >= 15 is 0 Å². The maximum atomic E-state index is 13.6. The molecule has 0 unspecified atom stereocenters. The van der Waals surface area contributed by atoms with Crippen LogP contribution in [-0.4, -0.2) is 75.5 Å². The molecule has 50 heavy (non-hydrogen) atoms. The summed E-state index contributed by atoms with van der Waals surface area (Å²) in [6, 6.07) is 18.3. The standard InChI is InChI=1S/C37H44N6O7/c1-22(2)16-32(37(49)50)43-36(48)30(18-23-8-4-3-5-9-23)41-33(45)21-40-35(47)31(19-25-20-39-29-11-7-6-10-27(25)29)42-34(46)28(38)17-24-12-14-26(44)15-13-24/h3-15,20,22,28,30-32,39,44H,16-19,21,38H2,1-2H3,(H,40,47)(H,41,45)(H,42,46)(H,43,48)(H,49,50)/t28-,30-,31+,32-/m0/s1. The fourth-order valence-corrected chi connectivity index (χ4v) is 5.55. The monoisotopic (exact) mass is 684 g/mol. The first-order chi connectivity index (χ1) is 23.9. The number of carboxylic acid groups (broad SMARTS) is 1. The van der Waals surface area contributed by atoms with Crippen molar-refractivity contribution < 1.29 is 34.2 Å². The Balaban J connectivity index is 1.46. The molecule has 13 nitrogen and oxygen atoms in total. The van der Waals surface area contributed by atoms with Crippen molar-refractivity contribution in [2.24, 2.45) is 11.7 Å². The topological polar surface area (TPSA) is 216 Å². The quantitative estimate of drug-likeness (QED) is 0.0820. The van der Waals surface area contributed by atoms with E-state index in [0.717, 1.165) is 22.0 Å². The molecular formula is C37H44N6O7. The normalized spacial score (nSPS) is 13.5. The highest BCUT2D eigenvalue weighted by atomic mass is 16.4. The minimum Gasteiger partial charge on any atom is -0.508 e. The molecule has 0 aliphatic carbocycles. The van der Waals surface area contributed by atoms with Gasteiger partial charge < -0.3 is 42.2 Å². The number of phenols is 1. The highest BCUT2D eigenvalue weighted by molar-refractivity contribution is 5.95. The summed E-state index contributed by atoms with van der Waals surface area (Å²) in [5.41, 5.74) is 9.25. The van der Waals surface area contributed by atoms with E-state index in [1.807, 2.05) is 44.2 Å². The van der Waals surface area contributed by atoms with E-state index in [1.165, 1.54) is 12.1 Å². The summed E-state index contributed by atoms with van der Waals surface area (Å²) in [4.78, 5) is 68.2. The minimum absolute atomic E-state index is 0.00571. The summed E-state index contributed by atoms with van der Waals surface area (Å²) < 4.78 is 0. The minimum atomic E-state index is -1.19. The number of amides is 4. The number of para-hydroxylation sites is 1. The number of benzene rings is 3. The number of nitrogens with two attached hydrogens (primary N) is 1. The summed E-state index contributed by atoms with van der Waals surface area (Å²) in [7, 11) is 0. The molecule has 0 spiro atoms. The van der Waals surface area contributed by atoms with E-state index in [4.69, 9.17) is 5.73 Å². The van der Waals surface area contributed by atoms with E-state index in [2.05, 4.69) is 26.3 Å². The fourth-order valence-electron chi connectivity index (χ4n) is 5.55. The fraction of sp³-hybridized carbons (Fsp3) is 0.324. The Labute approximate surface area is 290 Å². The zero-order valence-electron chi connectivity index (χ0n) is 28.0. The zero-order chi connectivity index (χ0) is 36.2. The van der Waals surface area contributed by atoms with Gasteiger partial charge in [0.1, 0.15) is 23.9 Å². The van der Waals surface area contributed by atoms with Gasteiger partial charge in [0.15, 0.2) is 0 Å². The van der Waals surface area contributed by atoms with Crippen molar-refractivity contribution in [1.82, 2.24) is 26.3 Å². The number of H-pyrrole nitrogens is 1. The third-order valence-electron chi connectivity index (χ3n) is 8.14.